The zero-order valence-corrected chi connectivity index (χ0v) is 12.0. The number of benzene rings is 1. The maximum Gasteiger partial charge on any atom is 0.254 e. The SMILES string of the molecule is CNCC1CCCN1C(=O)c1ccc(NC(C)=O)cc1. The van der Waals surface area contributed by atoms with Crippen LogP contribution in [0.2, 0.25) is 0 Å². The lowest BCUT2D eigenvalue weighted by Gasteiger charge is -2.24. The molecule has 0 radical (unpaired) electrons. The number of amides is 2. The van der Waals surface area contributed by atoms with Gasteiger partial charge in [0.15, 0.2) is 0 Å². The minimum absolute atomic E-state index is 0.0668. The zero-order valence-electron chi connectivity index (χ0n) is 12.0. The van der Waals surface area contributed by atoms with Crippen molar-refractivity contribution in [3.63, 3.8) is 0 Å². The van der Waals surface area contributed by atoms with Gasteiger partial charge in [-0.3, -0.25) is 9.59 Å². The Labute approximate surface area is 119 Å². The van der Waals surface area contributed by atoms with Crippen LogP contribution in [0.4, 0.5) is 5.69 Å². The molecule has 108 valence electrons. The summed E-state index contributed by atoms with van der Waals surface area (Å²) in [5.74, 6) is -0.0465. The first-order valence-electron chi connectivity index (χ1n) is 6.95. The van der Waals surface area contributed by atoms with Gasteiger partial charge in [-0.2, -0.15) is 0 Å². The molecule has 0 aliphatic carbocycles. The molecule has 1 atom stereocenters. The van der Waals surface area contributed by atoms with Gasteiger partial charge < -0.3 is 15.5 Å². The van der Waals surface area contributed by atoms with Crippen LogP contribution in [0.25, 0.3) is 0 Å². The van der Waals surface area contributed by atoms with Crippen molar-refractivity contribution >= 4 is 17.5 Å². The third-order valence-corrected chi connectivity index (χ3v) is 3.53. The van der Waals surface area contributed by atoms with Crippen LogP contribution in [-0.2, 0) is 4.79 Å². The molecule has 2 N–H and O–H groups in total. The lowest BCUT2D eigenvalue weighted by molar-refractivity contribution is -0.114. The molecule has 1 aromatic rings. The van der Waals surface area contributed by atoms with Crippen LogP contribution in [0, 0.1) is 0 Å². The summed E-state index contributed by atoms with van der Waals surface area (Å²) in [5, 5.41) is 5.83. The Morgan fingerprint density at radius 2 is 2.00 bits per heavy atom. The van der Waals surface area contributed by atoms with E-state index in [9.17, 15) is 9.59 Å². The fourth-order valence-corrected chi connectivity index (χ4v) is 2.62. The van der Waals surface area contributed by atoms with E-state index in [0.717, 1.165) is 25.9 Å². The maximum absolute atomic E-state index is 12.5. The summed E-state index contributed by atoms with van der Waals surface area (Å²) >= 11 is 0. The Kier molecular flexibility index (Phi) is 4.74. The number of likely N-dealkylation sites (tertiary alicyclic amines) is 1. The summed E-state index contributed by atoms with van der Waals surface area (Å²) in [6.07, 6.45) is 2.11. The Hall–Kier alpha value is -1.88. The number of hydrogen-bond donors (Lipinski definition) is 2. The van der Waals surface area contributed by atoms with E-state index in [4.69, 9.17) is 0 Å². The predicted octanol–water partition coefficient (Wildman–Crippen LogP) is 1.47. The van der Waals surface area contributed by atoms with Crippen molar-refractivity contribution in [2.45, 2.75) is 25.8 Å². The molecular weight excluding hydrogens is 254 g/mol. The second-order valence-corrected chi connectivity index (χ2v) is 5.11. The molecule has 0 spiro atoms. The highest BCUT2D eigenvalue weighted by Gasteiger charge is 2.28. The van der Waals surface area contributed by atoms with Crippen molar-refractivity contribution in [2.24, 2.45) is 0 Å². The fourth-order valence-electron chi connectivity index (χ4n) is 2.62. The summed E-state index contributed by atoms with van der Waals surface area (Å²) in [6, 6.07) is 7.34. The standard InChI is InChI=1S/C15H21N3O2/c1-11(19)17-13-7-5-12(6-8-13)15(20)18-9-3-4-14(18)10-16-2/h5-8,14,16H,3-4,9-10H2,1-2H3,(H,17,19). The van der Waals surface area contributed by atoms with Crippen molar-refractivity contribution in [3.05, 3.63) is 29.8 Å². The van der Waals surface area contributed by atoms with Gasteiger partial charge in [0.1, 0.15) is 0 Å². The second-order valence-electron chi connectivity index (χ2n) is 5.11. The van der Waals surface area contributed by atoms with E-state index < -0.39 is 0 Å². The van der Waals surface area contributed by atoms with Gasteiger partial charge in [0.2, 0.25) is 5.91 Å². The molecule has 2 rings (SSSR count). The first-order valence-corrected chi connectivity index (χ1v) is 6.95. The van der Waals surface area contributed by atoms with Gasteiger partial charge in [0.05, 0.1) is 0 Å². The van der Waals surface area contributed by atoms with E-state index in [2.05, 4.69) is 10.6 Å². The summed E-state index contributed by atoms with van der Waals surface area (Å²) in [6.45, 7) is 3.11. The van der Waals surface area contributed by atoms with E-state index in [1.807, 2.05) is 11.9 Å². The molecule has 0 aromatic heterocycles. The number of likely N-dealkylation sites (N-methyl/N-ethyl adjacent to an activating group) is 1. The number of carbonyl (C=O) groups is 2. The maximum atomic E-state index is 12.5. The van der Waals surface area contributed by atoms with Gasteiger partial charge in [-0.25, -0.2) is 0 Å². The molecule has 1 aliphatic heterocycles. The monoisotopic (exact) mass is 275 g/mol. The average Bonchev–Trinajstić information content (AvgIpc) is 2.87. The molecule has 1 aromatic carbocycles. The van der Waals surface area contributed by atoms with Gasteiger partial charge in [-0.1, -0.05) is 0 Å². The molecule has 0 saturated carbocycles. The van der Waals surface area contributed by atoms with Crippen LogP contribution in [0.1, 0.15) is 30.1 Å². The molecular formula is C15H21N3O2. The molecule has 1 fully saturated rings. The number of nitrogens with zero attached hydrogens (tertiary/aromatic N) is 1. The van der Waals surface area contributed by atoms with Crippen molar-refractivity contribution in [1.29, 1.82) is 0 Å². The van der Waals surface area contributed by atoms with Crippen molar-refractivity contribution in [3.8, 4) is 0 Å². The highest BCUT2D eigenvalue weighted by molar-refractivity contribution is 5.95. The Morgan fingerprint density at radius 1 is 1.30 bits per heavy atom. The van der Waals surface area contributed by atoms with Crippen LogP contribution < -0.4 is 10.6 Å². The van der Waals surface area contributed by atoms with Crippen molar-refractivity contribution < 1.29 is 9.59 Å². The number of hydrogen-bond acceptors (Lipinski definition) is 3. The number of rotatable bonds is 4. The minimum atomic E-state index is -0.113. The first-order chi connectivity index (χ1) is 9.61. The Bertz CT molecular complexity index is 484. The van der Waals surface area contributed by atoms with Crippen molar-refractivity contribution in [2.75, 3.05) is 25.5 Å². The van der Waals surface area contributed by atoms with Gasteiger partial charge in [0, 0.05) is 37.3 Å². The Balaban J connectivity index is 2.06. The van der Waals surface area contributed by atoms with Crippen LogP contribution in [0.15, 0.2) is 24.3 Å². The van der Waals surface area contributed by atoms with E-state index in [-0.39, 0.29) is 17.9 Å². The number of nitrogens with one attached hydrogen (secondary N) is 2. The quantitative estimate of drug-likeness (QED) is 0.874. The Morgan fingerprint density at radius 3 is 2.60 bits per heavy atom. The molecule has 5 heteroatoms. The fraction of sp³-hybridized carbons (Fsp3) is 0.467. The highest BCUT2D eigenvalue weighted by atomic mass is 16.2. The van der Waals surface area contributed by atoms with E-state index in [1.54, 1.807) is 24.3 Å². The molecule has 0 bridgehead atoms. The van der Waals surface area contributed by atoms with Crippen LogP contribution in [-0.4, -0.2) is 42.9 Å². The van der Waals surface area contributed by atoms with E-state index in [1.165, 1.54) is 6.92 Å². The van der Waals surface area contributed by atoms with Crippen LogP contribution in [0.3, 0.4) is 0 Å². The topological polar surface area (TPSA) is 61.4 Å². The van der Waals surface area contributed by atoms with Gasteiger partial charge in [-0.05, 0) is 44.2 Å². The summed E-state index contributed by atoms with van der Waals surface area (Å²) in [4.78, 5) is 25.4. The highest BCUT2D eigenvalue weighted by Crippen LogP contribution is 2.20. The molecule has 1 saturated heterocycles. The van der Waals surface area contributed by atoms with Gasteiger partial charge in [0.25, 0.3) is 5.91 Å². The van der Waals surface area contributed by atoms with E-state index in [0.29, 0.717) is 11.3 Å². The average molecular weight is 275 g/mol. The lowest BCUT2D eigenvalue weighted by atomic mass is 10.1. The molecule has 1 heterocycles. The van der Waals surface area contributed by atoms with Crippen molar-refractivity contribution in [1.82, 2.24) is 10.2 Å². The third-order valence-electron chi connectivity index (χ3n) is 3.53. The third kappa shape index (κ3) is 3.36. The molecule has 2 amide bonds. The normalized spacial score (nSPS) is 18.1. The van der Waals surface area contributed by atoms with Crippen LogP contribution in [0.5, 0.6) is 0 Å². The zero-order chi connectivity index (χ0) is 14.5. The predicted molar refractivity (Wildman–Crippen MR) is 78.7 cm³/mol. The number of carbonyl (C=O) groups excluding carboxylic acids is 2. The molecule has 1 aliphatic rings. The molecule has 5 nitrogen and oxygen atoms in total. The molecule has 1 unspecified atom stereocenters. The van der Waals surface area contributed by atoms with Gasteiger partial charge >= 0.3 is 0 Å². The second kappa shape index (κ2) is 6.52. The lowest BCUT2D eigenvalue weighted by Crippen LogP contribution is -2.40. The largest absolute Gasteiger partial charge is 0.334 e. The summed E-state index contributed by atoms with van der Waals surface area (Å²) in [7, 11) is 1.91. The summed E-state index contributed by atoms with van der Waals surface area (Å²) in [5.41, 5.74) is 1.38. The smallest absolute Gasteiger partial charge is 0.254 e. The first kappa shape index (κ1) is 14.5. The van der Waals surface area contributed by atoms with E-state index >= 15 is 0 Å². The minimum Gasteiger partial charge on any atom is -0.334 e. The molecule has 20 heavy (non-hydrogen) atoms. The van der Waals surface area contributed by atoms with Gasteiger partial charge in [-0.15, -0.1) is 0 Å². The number of anilines is 1. The van der Waals surface area contributed by atoms with Crippen LogP contribution >= 0.6 is 0 Å². The summed E-state index contributed by atoms with van der Waals surface area (Å²) < 4.78 is 0.